The molecule has 0 fully saturated rings. The second kappa shape index (κ2) is 4.56. The van der Waals surface area contributed by atoms with Crippen molar-refractivity contribution in [2.45, 2.75) is 0 Å². The minimum atomic E-state index is -0.417. The van der Waals surface area contributed by atoms with E-state index in [1.54, 1.807) is 42.5 Å². The number of amides is 2. The number of hydrazine groups is 1. The van der Waals surface area contributed by atoms with E-state index in [4.69, 9.17) is 0 Å². The van der Waals surface area contributed by atoms with E-state index < -0.39 is 6.03 Å². The summed E-state index contributed by atoms with van der Waals surface area (Å²) in [5.74, 6) is 0. The molecule has 1 aliphatic rings. The van der Waals surface area contributed by atoms with Gasteiger partial charge in [-0.05, 0) is 30.3 Å². The van der Waals surface area contributed by atoms with Crippen LogP contribution in [0.4, 0.5) is 21.9 Å². The molecular formula is C13H10BrN3O2. The molecule has 1 heterocycles. The Hall–Kier alpha value is -2.05. The number of carbonyl (C=O) groups excluding carboxylic acids is 1. The van der Waals surface area contributed by atoms with Crippen LogP contribution in [0.1, 0.15) is 0 Å². The van der Waals surface area contributed by atoms with Gasteiger partial charge in [0.1, 0.15) is 5.69 Å². The summed E-state index contributed by atoms with van der Waals surface area (Å²) in [4.78, 5) is 12.1. The van der Waals surface area contributed by atoms with Crippen LogP contribution in [0.3, 0.4) is 0 Å². The fourth-order valence-corrected chi connectivity index (χ4v) is 2.34. The number of benzene rings is 2. The molecule has 0 bridgehead atoms. The van der Waals surface area contributed by atoms with Gasteiger partial charge >= 0.3 is 6.03 Å². The van der Waals surface area contributed by atoms with Gasteiger partial charge in [0.2, 0.25) is 0 Å². The normalized spacial score (nSPS) is 14.1. The maximum Gasteiger partial charge on any atom is 0.347 e. The summed E-state index contributed by atoms with van der Waals surface area (Å²) in [6.45, 7) is 0. The second-order valence-electron chi connectivity index (χ2n) is 4.03. The quantitative estimate of drug-likeness (QED) is 0.844. The van der Waals surface area contributed by atoms with Gasteiger partial charge < -0.3 is 5.32 Å². The zero-order valence-electron chi connectivity index (χ0n) is 9.75. The first-order valence-corrected chi connectivity index (χ1v) is 6.41. The third kappa shape index (κ3) is 2.05. The maximum absolute atomic E-state index is 12.1. The number of nitrogens with zero attached hydrogens (tertiary/aromatic N) is 2. The molecule has 3 rings (SSSR count). The molecule has 2 aromatic carbocycles. The lowest BCUT2D eigenvalue weighted by Gasteiger charge is -2.36. The Balaban J connectivity index is 2.06. The summed E-state index contributed by atoms with van der Waals surface area (Å²) >= 11 is 3.34. The smallest absolute Gasteiger partial charge is 0.304 e. The molecule has 0 radical (unpaired) electrons. The Labute approximate surface area is 118 Å². The van der Waals surface area contributed by atoms with E-state index in [1.165, 1.54) is 0 Å². The molecule has 0 aromatic heterocycles. The van der Waals surface area contributed by atoms with Gasteiger partial charge in [-0.15, -0.1) is 0 Å². The summed E-state index contributed by atoms with van der Waals surface area (Å²) in [5, 5.41) is 15.0. The highest BCUT2D eigenvalue weighted by Gasteiger charge is 2.30. The number of para-hydroxylation sites is 2. The molecule has 0 aliphatic carbocycles. The summed E-state index contributed by atoms with van der Waals surface area (Å²) in [6, 6.07) is 13.7. The zero-order valence-corrected chi connectivity index (χ0v) is 11.3. The van der Waals surface area contributed by atoms with Crippen LogP contribution in [0.25, 0.3) is 0 Å². The Morgan fingerprint density at radius 1 is 1.11 bits per heavy atom. The van der Waals surface area contributed by atoms with E-state index in [-0.39, 0.29) is 0 Å². The molecule has 1 aliphatic heterocycles. The van der Waals surface area contributed by atoms with Gasteiger partial charge in [-0.1, -0.05) is 34.1 Å². The Bertz CT molecular complexity index is 647. The standard InChI is InChI=1S/C13H10BrN3O2/c14-9-4-3-5-10(8-9)16-13(18)15-11-6-1-2-7-12(11)17(16)19/h1-8,19H,(H,15,18). The first-order valence-electron chi connectivity index (χ1n) is 5.61. The molecule has 96 valence electrons. The van der Waals surface area contributed by atoms with Crippen LogP contribution in [0.15, 0.2) is 53.0 Å². The number of urea groups is 1. The van der Waals surface area contributed by atoms with Crippen LogP contribution < -0.4 is 15.5 Å². The van der Waals surface area contributed by atoms with Gasteiger partial charge in [-0.25, -0.2) is 4.79 Å². The average molecular weight is 320 g/mol. The van der Waals surface area contributed by atoms with Gasteiger partial charge in [0.15, 0.2) is 0 Å². The largest absolute Gasteiger partial charge is 0.347 e. The van der Waals surface area contributed by atoms with Crippen molar-refractivity contribution in [2.75, 3.05) is 15.5 Å². The fourth-order valence-electron chi connectivity index (χ4n) is 1.95. The number of rotatable bonds is 1. The van der Waals surface area contributed by atoms with Crippen LogP contribution in [0.5, 0.6) is 0 Å². The SMILES string of the molecule is O=C1Nc2ccccc2N(O)N1c1cccc(Br)c1. The van der Waals surface area contributed by atoms with Crippen LogP contribution >= 0.6 is 15.9 Å². The van der Waals surface area contributed by atoms with Crippen molar-refractivity contribution in [2.24, 2.45) is 0 Å². The summed E-state index contributed by atoms with van der Waals surface area (Å²) in [5.41, 5.74) is 1.65. The highest BCUT2D eigenvalue weighted by Crippen LogP contribution is 2.33. The molecular weight excluding hydrogens is 310 g/mol. The highest BCUT2D eigenvalue weighted by molar-refractivity contribution is 9.10. The van der Waals surface area contributed by atoms with Crippen LogP contribution in [-0.2, 0) is 0 Å². The molecule has 0 unspecified atom stereocenters. The van der Waals surface area contributed by atoms with Crippen molar-refractivity contribution in [1.29, 1.82) is 0 Å². The van der Waals surface area contributed by atoms with Crippen LogP contribution in [0.2, 0.25) is 0 Å². The van der Waals surface area contributed by atoms with Crippen molar-refractivity contribution in [3.63, 3.8) is 0 Å². The minimum Gasteiger partial charge on any atom is -0.304 e. The summed E-state index contributed by atoms with van der Waals surface area (Å²) < 4.78 is 0.824. The molecule has 2 aromatic rings. The minimum absolute atomic E-state index is 0.417. The van der Waals surface area contributed by atoms with E-state index in [0.717, 1.165) is 14.7 Å². The average Bonchev–Trinajstić information content (AvgIpc) is 2.39. The molecule has 0 spiro atoms. The lowest BCUT2D eigenvalue weighted by molar-refractivity contribution is 0.221. The second-order valence-corrected chi connectivity index (χ2v) is 4.94. The van der Waals surface area contributed by atoms with E-state index in [1.807, 2.05) is 6.07 Å². The Kier molecular flexibility index (Phi) is 2.88. The van der Waals surface area contributed by atoms with Gasteiger partial charge in [-0.3, -0.25) is 5.21 Å². The number of carbonyl (C=O) groups is 1. The maximum atomic E-state index is 12.1. The predicted molar refractivity (Wildman–Crippen MR) is 76.3 cm³/mol. The van der Waals surface area contributed by atoms with Crippen LogP contribution in [0, 0.1) is 0 Å². The molecule has 0 saturated carbocycles. The first-order chi connectivity index (χ1) is 9.16. The first kappa shape index (κ1) is 12.0. The van der Waals surface area contributed by atoms with Gasteiger partial charge in [0.05, 0.1) is 11.4 Å². The van der Waals surface area contributed by atoms with E-state index in [0.29, 0.717) is 17.1 Å². The lowest BCUT2D eigenvalue weighted by Crippen LogP contribution is -2.50. The molecule has 2 N–H and O–H groups in total. The molecule has 6 heteroatoms. The number of hydrogen-bond acceptors (Lipinski definition) is 3. The van der Waals surface area contributed by atoms with E-state index in [2.05, 4.69) is 21.2 Å². The molecule has 0 atom stereocenters. The number of fused-ring (bicyclic) bond motifs is 1. The highest BCUT2D eigenvalue weighted by atomic mass is 79.9. The van der Waals surface area contributed by atoms with Crippen molar-refractivity contribution >= 4 is 39.0 Å². The van der Waals surface area contributed by atoms with Crippen molar-refractivity contribution < 1.29 is 10.0 Å². The van der Waals surface area contributed by atoms with Gasteiger partial charge in [0.25, 0.3) is 0 Å². The number of nitrogens with one attached hydrogen (secondary N) is 1. The Morgan fingerprint density at radius 3 is 2.68 bits per heavy atom. The zero-order chi connectivity index (χ0) is 13.4. The number of halogens is 1. The third-order valence-electron chi connectivity index (χ3n) is 2.80. The number of anilines is 3. The Morgan fingerprint density at radius 2 is 1.89 bits per heavy atom. The van der Waals surface area contributed by atoms with Crippen LogP contribution in [-0.4, -0.2) is 11.2 Å². The fraction of sp³-hybridized carbons (Fsp3) is 0. The molecule has 0 saturated heterocycles. The monoisotopic (exact) mass is 319 g/mol. The van der Waals surface area contributed by atoms with E-state index in [9.17, 15) is 10.0 Å². The van der Waals surface area contributed by atoms with Gasteiger partial charge in [-0.2, -0.15) is 10.2 Å². The molecule has 19 heavy (non-hydrogen) atoms. The van der Waals surface area contributed by atoms with Gasteiger partial charge in [0, 0.05) is 4.47 Å². The number of hydrogen-bond donors (Lipinski definition) is 2. The molecule has 2 amide bonds. The topological polar surface area (TPSA) is 55.8 Å². The van der Waals surface area contributed by atoms with Crippen molar-refractivity contribution in [3.05, 3.63) is 53.0 Å². The van der Waals surface area contributed by atoms with Crippen molar-refractivity contribution in [3.8, 4) is 0 Å². The lowest BCUT2D eigenvalue weighted by atomic mass is 10.2. The molecule has 5 nitrogen and oxygen atoms in total. The predicted octanol–water partition coefficient (Wildman–Crippen LogP) is 3.61. The van der Waals surface area contributed by atoms with E-state index >= 15 is 0 Å². The summed E-state index contributed by atoms with van der Waals surface area (Å²) in [6.07, 6.45) is 0. The summed E-state index contributed by atoms with van der Waals surface area (Å²) in [7, 11) is 0. The third-order valence-corrected chi connectivity index (χ3v) is 3.29. The van der Waals surface area contributed by atoms with Crippen molar-refractivity contribution in [1.82, 2.24) is 0 Å².